The van der Waals surface area contributed by atoms with Crippen molar-refractivity contribution < 1.29 is 9.90 Å². The van der Waals surface area contributed by atoms with Gasteiger partial charge in [-0.1, -0.05) is 24.3 Å². The first-order valence-electron chi connectivity index (χ1n) is 8.75. The summed E-state index contributed by atoms with van der Waals surface area (Å²) < 4.78 is 2.22. The van der Waals surface area contributed by atoms with Crippen LogP contribution in [0.3, 0.4) is 0 Å². The summed E-state index contributed by atoms with van der Waals surface area (Å²) in [7, 11) is 0. The number of carboxylic acid groups (broad SMARTS) is 1. The van der Waals surface area contributed by atoms with Gasteiger partial charge in [0.25, 0.3) is 0 Å². The van der Waals surface area contributed by atoms with E-state index in [-0.39, 0.29) is 0 Å². The smallest absolute Gasteiger partial charge is 0.335 e. The van der Waals surface area contributed by atoms with Crippen molar-refractivity contribution in [1.82, 2.24) is 14.8 Å². The zero-order valence-corrected chi connectivity index (χ0v) is 14.4. The number of anilines is 1. The summed E-state index contributed by atoms with van der Waals surface area (Å²) in [6, 6.07) is 15.2. The molecule has 0 saturated carbocycles. The SMILES string of the molecule is O=C(O)c1cccc(CNc2ccc(Cc3nnc4n3CCC4)cc2)c1. The van der Waals surface area contributed by atoms with Crippen molar-refractivity contribution >= 4 is 11.7 Å². The van der Waals surface area contributed by atoms with Gasteiger partial charge in [-0.05, 0) is 41.8 Å². The third-order valence-electron chi connectivity index (χ3n) is 4.67. The number of aryl methyl sites for hydroxylation is 1. The van der Waals surface area contributed by atoms with Gasteiger partial charge in [-0.25, -0.2) is 4.79 Å². The van der Waals surface area contributed by atoms with Crippen molar-refractivity contribution in [2.24, 2.45) is 0 Å². The zero-order chi connectivity index (χ0) is 17.9. The molecular formula is C20H20N4O2. The van der Waals surface area contributed by atoms with Crippen LogP contribution in [0, 0.1) is 0 Å². The van der Waals surface area contributed by atoms with Gasteiger partial charge in [-0.15, -0.1) is 10.2 Å². The highest BCUT2D eigenvalue weighted by atomic mass is 16.4. The van der Waals surface area contributed by atoms with E-state index in [1.54, 1.807) is 18.2 Å². The molecule has 2 aromatic carbocycles. The summed E-state index contributed by atoms with van der Waals surface area (Å²) in [5.41, 5.74) is 3.44. The van der Waals surface area contributed by atoms with E-state index in [2.05, 4.69) is 32.2 Å². The third-order valence-corrected chi connectivity index (χ3v) is 4.67. The van der Waals surface area contributed by atoms with Crippen LogP contribution < -0.4 is 5.32 Å². The summed E-state index contributed by atoms with van der Waals surface area (Å²) in [4.78, 5) is 11.0. The van der Waals surface area contributed by atoms with Gasteiger partial charge in [-0.2, -0.15) is 0 Å². The van der Waals surface area contributed by atoms with Crippen LogP contribution >= 0.6 is 0 Å². The van der Waals surface area contributed by atoms with Gasteiger partial charge < -0.3 is 15.0 Å². The van der Waals surface area contributed by atoms with Gasteiger partial charge in [-0.3, -0.25) is 0 Å². The highest BCUT2D eigenvalue weighted by Gasteiger charge is 2.17. The predicted molar refractivity (Wildman–Crippen MR) is 98.3 cm³/mol. The average Bonchev–Trinajstić information content (AvgIpc) is 3.26. The van der Waals surface area contributed by atoms with Crippen LogP contribution in [-0.4, -0.2) is 25.8 Å². The van der Waals surface area contributed by atoms with Gasteiger partial charge in [0.1, 0.15) is 11.6 Å². The molecule has 0 amide bonds. The summed E-state index contributed by atoms with van der Waals surface area (Å²) in [5, 5.41) is 20.9. The van der Waals surface area contributed by atoms with E-state index in [1.165, 1.54) is 5.56 Å². The number of fused-ring (bicyclic) bond motifs is 1. The van der Waals surface area contributed by atoms with Gasteiger partial charge in [0.15, 0.2) is 0 Å². The van der Waals surface area contributed by atoms with Gasteiger partial charge >= 0.3 is 5.97 Å². The Bertz CT molecular complexity index is 931. The molecule has 0 saturated heterocycles. The number of hydrogen-bond acceptors (Lipinski definition) is 4. The molecule has 2 heterocycles. The molecule has 1 aliphatic rings. The fraction of sp³-hybridized carbons (Fsp3) is 0.250. The molecule has 4 rings (SSSR count). The molecule has 0 unspecified atom stereocenters. The van der Waals surface area contributed by atoms with Crippen LogP contribution in [0.5, 0.6) is 0 Å². The lowest BCUT2D eigenvalue weighted by atomic mass is 10.1. The highest BCUT2D eigenvalue weighted by Crippen LogP contribution is 2.18. The number of rotatable bonds is 6. The second-order valence-electron chi connectivity index (χ2n) is 6.52. The second kappa shape index (κ2) is 7.00. The van der Waals surface area contributed by atoms with Gasteiger partial charge in [0.05, 0.1) is 5.56 Å². The van der Waals surface area contributed by atoms with E-state index in [9.17, 15) is 4.79 Å². The van der Waals surface area contributed by atoms with Crippen molar-refractivity contribution in [1.29, 1.82) is 0 Å². The summed E-state index contributed by atoms with van der Waals surface area (Å²) >= 11 is 0. The predicted octanol–water partition coefficient (Wildman–Crippen LogP) is 3.13. The van der Waals surface area contributed by atoms with Crippen molar-refractivity contribution in [3.05, 3.63) is 76.9 Å². The molecule has 0 bridgehead atoms. The number of nitrogens with one attached hydrogen (secondary N) is 1. The highest BCUT2D eigenvalue weighted by molar-refractivity contribution is 5.87. The number of aromatic nitrogens is 3. The van der Waals surface area contributed by atoms with Crippen molar-refractivity contribution in [2.45, 2.75) is 32.4 Å². The minimum atomic E-state index is -0.906. The zero-order valence-electron chi connectivity index (χ0n) is 14.4. The molecule has 6 heteroatoms. The quantitative estimate of drug-likeness (QED) is 0.715. The largest absolute Gasteiger partial charge is 0.478 e. The molecule has 132 valence electrons. The molecular weight excluding hydrogens is 328 g/mol. The lowest BCUT2D eigenvalue weighted by Crippen LogP contribution is -2.03. The van der Waals surface area contributed by atoms with Crippen molar-refractivity contribution in [3.8, 4) is 0 Å². The van der Waals surface area contributed by atoms with Crippen LogP contribution in [0.4, 0.5) is 5.69 Å². The van der Waals surface area contributed by atoms with E-state index < -0.39 is 5.97 Å². The van der Waals surface area contributed by atoms with Crippen molar-refractivity contribution in [3.63, 3.8) is 0 Å². The molecule has 2 N–H and O–H groups in total. The molecule has 0 atom stereocenters. The Morgan fingerprint density at radius 2 is 1.96 bits per heavy atom. The third kappa shape index (κ3) is 3.44. The van der Waals surface area contributed by atoms with Crippen LogP contribution in [0.2, 0.25) is 0 Å². The maximum absolute atomic E-state index is 11.0. The van der Waals surface area contributed by atoms with Crippen LogP contribution in [0.1, 0.15) is 39.6 Å². The average molecular weight is 348 g/mol. The Labute approximate surface area is 151 Å². The molecule has 0 aliphatic carbocycles. The first-order chi connectivity index (χ1) is 12.7. The molecule has 1 aliphatic heterocycles. The minimum absolute atomic E-state index is 0.306. The van der Waals surface area contributed by atoms with E-state index >= 15 is 0 Å². The van der Waals surface area contributed by atoms with Crippen LogP contribution in [-0.2, 0) is 25.9 Å². The number of carboxylic acids is 1. The fourth-order valence-electron chi connectivity index (χ4n) is 3.28. The molecule has 0 spiro atoms. The van der Waals surface area contributed by atoms with E-state index in [4.69, 9.17) is 5.11 Å². The normalized spacial score (nSPS) is 12.8. The van der Waals surface area contributed by atoms with E-state index in [0.29, 0.717) is 12.1 Å². The van der Waals surface area contributed by atoms with Crippen molar-refractivity contribution in [2.75, 3.05) is 5.32 Å². The molecule has 3 aromatic rings. The Morgan fingerprint density at radius 3 is 2.77 bits per heavy atom. The summed E-state index contributed by atoms with van der Waals surface area (Å²) in [5.74, 6) is 1.22. The first-order valence-corrected chi connectivity index (χ1v) is 8.75. The van der Waals surface area contributed by atoms with E-state index in [0.717, 1.165) is 48.7 Å². The first kappa shape index (κ1) is 16.3. The molecule has 0 radical (unpaired) electrons. The Morgan fingerprint density at radius 1 is 1.12 bits per heavy atom. The van der Waals surface area contributed by atoms with Crippen LogP contribution in [0.25, 0.3) is 0 Å². The second-order valence-corrected chi connectivity index (χ2v) is 6.52. The lowest BCUT2D eigenvalue weighted by molar-refractivity contribution is 0.0696. The molecule has 1 aromatic heterocycles. The number of nitrogens with zero attached hydrogens (tertiary/aromatic N) is 3. The molecule has 6 nitrogen and oxygen atoms in total. The fourth-order valence-corrected chi connectivity index (χ4v) is 3.28. The minimum Gasteiger partial charge on any atom is -0.478 e. The van der Waals surface area contributed by atoms with E-state index in [1.807, 2.05) is 18.2 Å². The number of aromatic carboxylic acids is 1. The van der Waals surface area contributed by atoms with Gasteiger partial charge in [0, 0.05) is 31.6 Å². The Balaban J connectivity index is 1.38. The maximum atomic E-state index is 11.0. The lowest BCUT2D eigenvalue weighted by Gasteiger charge is -2.09. The molecule has 0 fully saturated rings. The van der Waals surface area contributed by atoms with Crippen LogP contribution in [0.15, 0.2) is 48.5 Å². The summed E-state index contributed by atoms with van der Waals surface area (Å²) in [6.07, 6.45) is 2.97. The molecule has 26 heavy (non-hydrogen) atoms. The maximum Gasteiger partial charge on any atom is 0.335 e. The number of carbonyl (C=O) groups is 1. The Hall–Kier alpha value is -3.15. The number of benzene rings is 2. The summed E-state index contributed by atoms with van der Waals surface area (Å²) in [6.45, 7) is 1.60. The number of hydrogen-bond donors (Lipinski definition) is 2. The standard InChI is InChI=1S/C20H20N4O2/c25-20(26)16-4-1-3-15(11-16)13-21-17-8-6-14(7-9-17)12-19-23-22-18-5-2-10-24(18)19/h1,3-4,6-9,11,21H,2,5,10,12-13H2,(H,25,26). The topological polar surface area (TPSA) is 80.0 Å². The monoisotopic (exact) mass is 348 g/mol. The van der Waals surface area contributed by atoms with Gasteiger partial charge in [0.2, 0.25) is 0 Å². The Kier molecular flexibility index (Phi) is 4.39.